The Balaban J connectivity index is 2.58. The highest BCUT2D eigenvalue weighted by molar-refractivity contribution is 5.87. The number of hydrogen-bond acceptors (Lipinski definition) is 3. The van der Waals surface area contributed by atoms with Gasteiger partial charge in [-0.3, -0.25) is 0 Å². The Kier molecular flexibility index (Phi) is 4.13. The zero-order chi connectivity index (χ0) is 10.4. The fraction of sp³-hybridized carbons (Fsp3) is 0.364. The predicted molar refractivity (Wildman–Crippen MR) is 57.9 cm³/mol. The number of benzene rings is 1. The lowest BCUT2D eigenvalue weighted by atomic mass is 10.1. The minimum Gasteiger partial charge on any atom is -0.411 e. The van der Waals surface area contributed by atoms with Crippen molar-refractivity contribution >= 4 is 5.71 Å². The van der Waals surface area contributed by atoms with Crippen LogP contribution in [0, 0.1) is 0 Å². The summed E-state index contributed by atoms with van der Waals surface area (Å²) in [6.45, 7) is 0.686. The van der Waals surface area contributed by atoms with Crippen molar-refractivity contribution in [3.63, 3.8) is 0 Å². The van der Waals surface area contributed by atoms with Crippen LogP contribution in [-0.4, -0.2) is 36.5 Å². The topological polar surface area (TPSA) is 35.8 Å². The highest BCUT2D eigenvalue weighted by atomic mass is 16.4. The normalized spacial score (nSPS) is 12.1. The van der Waals surface area contributed by atoms with Crippen LogP contribution in [0.25, 0.3) is 0 Å². The summed E-state index contributed by atoms with van der Waals surface area (Å²) < 4.78 is 0. The average Bonchev–Trinajstić information content (AvgIpc) is 2.17. The highest BCUT2D eigenvalue weighted by Gasteiger charge is 2.03. The van der Waals surface area contributed by atoms with Gasteiger partial charge in [-0.25, -0.2) is 0 Å². The first-order valence-electron chi connectivity index (χ1n) is 4.61. The first-order valence-corrected chi connectivity index (χ1v) is 4.61. The van der Waals surface area contributed by atoms with Crippen LogP contribution in [0.3, 0.4) is 0 Å². The van der Waals surface area contributed by atoms with Gasteiger partial charge in [-0.1, -0.05) is 35.5 Å². The van der Waals surface area contributed by atoms with Crippen LogP contribution in [0.1, 0.15) is 5.56 Å². The Hall–Kier alpha value is -1.35. The Bertz CT molecular complexity index is 293. The molecule has 0 bridgehead atoms. The van der Waals surface area contributed by atoms with Crippen LogP contribution in [0.2, 0.25) is 0 Å². The van der Waals surface area contributed by atoms with Crippen LogP contribution in [-0.2, 0) is 6.42 Å². The summed E-state index contributed by atoms with van der Waals surface area (Å²) in [5.41, 5.74) is 1.95. The molecular weight excluding hydrogens is 176 g/mol. The Morgan fingerprint density at radius 3 is 2.43 bits per heavy atom. The SMILES string of the molecule is CN(C)C/C(Cc1ccccc1)=N/O. The van der Waals surface area contributed by atoms with E-state index < -0.39 is 0 Å². The molecule has 1 rings (SSSR count). The maximum Gasteiger partial charge on any atom is 0.0754 e. The molecule has 0 spiro atoms. The zero-order valence-corrected chi connectivity index (χ0v) is 8.64. The van der Waals surface area contributed by atoms with Gasteiger partial charge in [0.15, 0.2) is 0 Å². The van der Waals surface area contributed by atoms with E-state index in [0.29, 0.717) is 13.0 Å². The van der Waals surface area contributed by atoms with Gasteiger partial charge in [0.2, 0.25) is 0 Å². The molecular formula is C11H16N2O. The summed E-state index contributed by atoms with van der Waals surface area (Å²) in [6, 6.07) is 10.0. The molecule has 0 aliphatic rings. The largest absolute Gasteiger partial charge is 0.411 e. The lowest BCUT2D eigenvalue weighted by Gasteiger charge is -2.10. The predicted octanol–water partition coefficient (Wildman–Crippen LogP) is 1.62. The summed E-state index contributed by atoms with van der Waals surface area (Å²) >= 11 is 0. The van der Waals surface area contributed by atoms with Crippen molar-refractivity contribution in [1.82, 2.24) is 4.90 Å². The molecule has 0 saturated heterocycles. The van der Waals surface area contributed by atoms with E-state index in [0.717, 1.165) is 5.71 Å². The summed E-state index contributed by atoms with van der Waals surface area (Å²) in [7, 11) is 3.91. The van der Waals surface area contributed by atoms with E-state index in [-0.39, 0.29) is 0 Å². The summed E-state index contributed by atoms with van der Waals surface area (Å²) in [6.07, 6.45) is 0.704. The standard InChI is InChI=1S/C11H16N2O/c1-13(2)9-11(12-14)8-10-6-4-3-5-7-10/h3-7,14H,8-9H2,1-2H3/b12-11+. The first-order chi connectivity index (χ1) is 6.72. The minimum atomic E-state index is 0.686. The van der Waals surface area contributed by atoms with Gasteiger partial charge >= 0.3 is 0 Å². The summed E-state index contributed by atoms with van der Waals surface area (Å²) in [5, 5.41) is 12.1. The third-order valence-corrected chi connectivity index (χ3v) is 1.89. The van der Waals surface area contributed by atoms with E-state index in [1.807, 2.05) is 49.3 Å². The van der Waals surface area contributed by atoms with Gasteiger partial charge in [-0.15, -0.1) is 0 Å². The molecule has 14 heavy (non-hydrogen) atoms. The van der Waals surface area contributed by atoms with E-state index in [1.165, 1.54) is 5.56 Å². The highest BCUT2D eigenvalue weighted by Crippen LogP contribution is 2.01. The number of oxime groups is 1. The van der Waals surface area contributed by atoms with Crippen molar-refractivity contribution in [1.29, 1.82) is 0 Å². The lowest BCUT2D eigenvalue weighted by molar-refractivity contribution is 0.313. The molecule has 1 aromatic rings. The van der Waals surface area contributed by atoms with Crippen LogP contribution in [0.15, 0.2) is 35.5 Å². The number of nitrogens with zero attached hydrogens (tertiary/aromatic N) is 2. The fourth-order valence-corrected chi connectivity index (χ4v) is 1.32. The summed E-state index contributed by atoms with van der Waals surface area (Å²) in [5.74, 6) is 0. The molecule has 0 aromatic heterocycles. The fourth-order valence-electron chi connectivity index (χ4n) is 1.32. The number of rotatable bonds is 4. The van der Waals surface area contributed by atoms with Gasteiger partial charge in [-0.05, 0) is 19.7 Å². The average molecular weight is 192 g/mol. The van der Waals surface area contributed by atoms with Crippen LogP contribution in [0.5, 0.6) is 0 Å². The second kappa shape index (κ2) is 5.40. The van der Waals surface area contributed by atoms with Gasteiger partial charge in [0.05, 0.1) is 5.71 Å². The molecule has 1 N–H and O–H groups in total. The minimum absolute atomic E-state index is 0.686. The van der Waals surface area contributed by atoms with Crippen molar-refractivity contribution < 1.29 is 5.21 Å². The Morgan fingerprint density at radius 1 is 1.29 bits per heavy atom. The summed E-state index contributed by atoms with van der Waals surface area (Å²) in [4.78, 5) is 1.98. The second-order valence-corrected chi connectivity index (χ2v) is 3.57. The van der Waals surface area contributed by atoms with Gasteiger partial charge < -0.3 is 10.1 Å². The van der Waals surface area contributed by atoms with Crippen LogP contribution >= 0.6 is 0 Å². The Morgan fingerprint density at radius 2 is 1.93 bits per heavy atom. The third kappa shape index (κ3) is 3.58. The van der Waals surface area contributed by atoms with E-state index in [4.69, 9.17) is 5.21 Å². The molecule has 0 saturated carbocycles. The molecule has 0 atom stereocenters. The second-order valence-electron chi connectivity index (χ2n) is 3.57. The molecule has 0 heterocycles. The maximum absolute atomic E-state index is 8.80. The quantitative estimate of drug-likeness (QED) is 0.447. The molecule has 0 radical (unpaired) electrons. The third-order valence-electron chi connectivity index (χ3n) is 1.89. The lowest BCUT2D eigenvalue weighted by Crippen LogP contribution is -2.23. The van der Waals surface area contributed by atoms with E-state index in [2.05, 4.69) is 5.16 Å². The van der Waals surface area contributed by atoms with E-state index in [9.17, 15) is 0 Å². The van der Waals surface area contributed by atoms with Crippen LogP contribution < -0.4 is 0 Å². The van der Waals surface area contributed by atoms with Gasteiger partial charge in [0, 0.05) is 13.0 Å². The molecule has 0 fully saturated rings. The molecule has 3 heteroatoms. The molecule has 1 aromatic carbocycles. The van der Waals surface area contributed by atoms with Crippen molar-refractivity contribution in [3.8, 4) is 0 Å². The first kappa shape index (κ1) is 10.7. The molecule has 0 aliphatic heterocycles. The molecule has 76 valence electrons. The van der Waals surface area contributed by atoms with Crippen molar-refractivity contribution in [3.05, 3.63) is 35.9 Å². The van der Waals surface area contributed by atoms with Crippen molar-refractivity contribution in [2.75, 3.05) is 20.6 Å². The molecule has 0 unspecified atom stereocenters. The number of hydrogen-bond donors (Lipinski definition) is 1. The van der Waals surface area contributed by atoms with E-state index >= 15 is 0 Å². The van der Waals surface area contributed by atoms with Gasteiger partial charge in [-0.2, -0.15) is 0 Å². The van der Waals surface area contributed by atoms with Crippen molar-refractivity contribution in [2.45, 2.75) is 6.42 Å². The molecule has 0 amide bonds. The van der Waals surface area contributed by atoms with E-state index in [1.54, 1.807) is 0 Å². The molecule has 0 aliphatic carbocycles. The Labute approximate surface area is 84.7 Å². The van der Waals surface area contributed by atoms with Gasteiger partial charge in [0.25, 0.3) is 0 Å². The zero-order valence-electron chi connectivity index (χ0n) is 8.64. The maximum atomic E-state index is 8.80. The molecule has 3 nitrogen and oxygen atoms in total. The van der Waals surface area contributed by atoms with Crippen LogP contribution in [0.4, 0.5) is 0 Å². The van der Waals surface area contributed by atoms with Crippen molar-refractivity contribution in [2.24, 2.45) is 5.16 Å². The monoisotopic (exact) mass is 192 g/mol. The smallest absolute Gasteiger partial charge is 0.0754 e. The van der Waals surface area contributed by atoms with Gasteiger partial charge in [0.1, 0.15) is 0 Å².